The van der Waals surface area contributed by atoms with E-state index in [4.69, 9.17) is 0 Å². The maximum atomic E-state index is 13.3. The predicted octanol–water partition coefficient (Wildman–Crippen LogP) is 3.33. The minimum absolute atomic E-state index is 0.0847. The molecule has 1 atom stereocenters. The van der Waals surface area contributed by atoms with Gasteiger partial charge >= 0.3 is 0 Å². The van der Waals surface area contributed by atoms with Gasteiger partial charge in [-0.2, -0.15) is 0 Å². The summed E-state index contributed by atoms with van der Waals surface area (Å²) in [4.78, 5) is 28.2. The minimum atomic E-state index is -0.630. The van der Waals surface area contributed by atoms with Crippen molar-refractivity contribution in [3.8, 4) is 0 Å². The maximum absolute atomic E-state index is 13.3. The molecule has 2 amide bonds. The molecular formula is C20H24N4O2S. The van der Waals surface area contributed by atoms with Crippen LogP contribution in [0.3, 0.4) is 0 Å². The van der Waals surface area contributed by atoms with Crippen LogP contribution in [0.5, 0.6) is 0 Å². The third kappa shape index (κ3) is 4.18. The predicted molar refractivity (Wildman–Crippen MR) is 103 cm³/mol. The van der Waals surface area contributed by atoms with E-state index in [1.54, 1.807) is 10.3 Å². The zero-order valence-electron chi connectivity index (χ0n) is 15.2. The van der Waals surface area contributed by atoms with Gasteiger partial charge in [-0.15, -0.1) is 5.10 Å². The summed E-state index contributed by atoms with van der Waals surface area (Å²) >= 11 is 1.15. The molecule has 0 radical (unpaired) electrons. The quantitative estimate of drug-likeness (QED) is 0.829. The molecule has 1 aromatic carbocycles. The molecule has 0 spiro atoms. The van der Waals surface area contributed by atoms with Crippen molar-refractivity contribution in [2.24, 2.45) is 0 Å². The second kappa shape index (κ2) is 8.17. The van der Waals surface area contributed by atoms with Gasteiger partial charge in [0, 0.05) is 17.5 Å². The van der Waals surface area contributed by atoms with E-state index < -0.39 is 6.04 Å². The molecule has 2 aliphatic carbocycles. The molecule has 1 aromatic heterocycles. The number of carbonyl (C=O) groups is 2. The average Bonchev–Trinajstić information content (AvgIpc) is 3.38. The van der Waals surface area contributed by atoms with Gasteiger partial charge in [0.25, 0.3) is 5.91 Å². The number of nitrogens with one attached hydrogen (secondary N) is 1. The summed E-state index contributed by atoms with van der Waals surface area (Å²) in [7, 11) is 0. The summed E-state index contributed by atoms with van der Waals surface area (Å²) in [5.41, 5.74) is 1.16. The van der Waals surface area contributed by atoms with E-state index in [2.05, 4.69) is 14.9 Å². The van der Waals surface area contributed by atoms with Crippen LogP contribution < -0.4 is 5.32 Å². The molecule has 142 valence electrons. The monoisotopic (exact) mass is 384 g/mol. The van der Waals surface area contributed by atoms with Crippen LogP contribution in [-0.2, 0) is 4.79 Å². The Morgan fingerprint density at radius 1 is 1.07 bits per heavy atom. The highest BCUT2D eigenvalue weighted by molar-refractivity contribution is 7.03. The van der Waals surface area contributed by atoms with Crippen molar-refractivity contribution in [2.45, 2.75) is 63.1 Å². The fourth-order valence-electron chi connectivity index (χ4n) is 3.84. The Kier molecular flexibility index (Phi) is 5.48. The summed E-state index contributed by atoms with van der Waals surface area (Å²) in [5.74, 6) is -0.296. The van der Waals surface area contributed by atoms with E-state index in [-0.39, 0.29) is 23.9 Å². The fraction of sp³-hybridized carbons (Fsp3) is 0.500. The Balaban J connectivity index is 1.63. The Hall–Kier alpha value is -2.28. The second-order valence-corrected chi connectivity index (χ2v) is 8.00. The molecule has 0 aliphatic heterocycles. The first-order valence-corrected chi connectivity index (χ1v) is 10.5. The van der Waals surface area contributed by atoms with Gasteiger partial charge in [0.05, 0.1) is 0 Å². The van der Waals surface area contributed by atoms with Crippen molar-refractivity contribution in [1.82, 2.24) is 19.8 Å². The van der Waals surface area contributed by atoms with Crippen molar-refractivity contribution < 1.29 is 9.59 Å². The minimum Gasteiger partial charge on any atom is -0.351 e. The van der Waals surface area contributed by atoms with Crippen molar-refractivity contribution >= 4 is 23.3 Å². The van der Waals surface area contributed by atoms with E-state index in [0.717, 1.165) is 55.6 Å². The first-order chi connectivity index (χ1) is 13.2. The lowest BCUT2D eigenvalue weighted by Gasteiger charge is -2.33. The van der Waals surface area contributed by atoms with E-state index in [9.17, 15) is 9.59 Å². The third-order valence-electron chi connectivity index (χ3n) is 5.35. The van der Waals surface area contributed by atoms with Crippen molar-refractivity contribution in [1.29, 1.82) is 0 Å². The van der Waals surface area contributed by atoms with Gasteiger partial charge in [-0.3, -0.25) is 9.59 Å². The molecule has 7 heteroatoms. The fourth-order valence-corrected chi connectivity index (χ4v) is 4.27. The highest BCUT2D eigenvalue weighted by Crippen LogP contribution is 2.36. The van der Waals surface area contributed by atoms with Gasteiger partial charge in [-0.05, 0) is 42.8 Å². The number of nitrogens with zero attached hydrogens (tertiary/aromatic N) is 3. The smallest absolute Gasteiger partial charge is 0.276 e. The number of benzene rings is 1. The average molecular weight is 385 g/mol. The second-order valence-electron chi connectivity index (χ2n) is 7.39. The number of carbonyl (C=O) groups excluding carboxylic acids is 2. The molecule has 0 unspecified atom stereocenters. The Bertz CT molecular complexity index is 771. The number of hydrogen-bond acceptors (Lipinski definition) is 5. The molecule has 27 heavy (non-hydrogen) atoms. The number of rotatable bonds is 6. The summed E-state index contributed by atoms with van der Waals surface area (Å²) in [6.07, 6.45) is 7.40. The molecule has 2 fully saturated rings. The summed E-state index contributed by atoms with van der Waals surface area (Å²) in [5, 5.41) is 8.81. The normalized spacial score (nSPS) is 18.7. The van der Waals surface area contributed by atoms with E-state index in [0.29, 0.717) is 5.69 Å². The van der Waals surface area contributed by atoms with Crippen LogP contribution in [0.1, 0.15) is 67.0 Å². The first kappa shape index (κ1) is 18.1. The van der Waals surface area contributed by atoms with Gasteiger partial charge in [0.2, 0.25) is 5.91 Å². The van der Waals surface area contributed by atoms with Crippen LogP contribution in [0.4, 0.5) is 0 Å². The number of amides is 2. The van der Waals surface area contributed by atoms with Crippen LogP contribution in [0.2, 0.25) is 0 Å². The molecular weight excluding hydrogens is 360 g/mol. The van der Waals surface area contributed by atoms with E-state index in [1.165, 1.54) is 6.42 Å². The van der Waals surface area contributed by atoms with Gasteiger partial charge in [0.15, 0.2) is 5.69 Å². The van der Waals surface area contributed by atoms with E-state index >= 15 is 0 Å². The van der Waals surface area contributed by atoms with Gasteiger partial charge < -0.3 is 10.2 Å². The van der Waals surface area contributed by atoms with Crippen LogP contribution in [0.15, 0.2) is 35.7 Å². The molecule has 2 aliphatic rings. The SMILES string of the molecule is O=C(NC1CCCCC1)[C@H](c1ccccc1)N(C(=O)c1csnn1)C1CC1. The van der Waals surface area contributed by atoms with Crippen LogP contribution in [-0.4, -0.2) is 38.4 Å². The van der Waals surface area contributed by atoms with Gasteiger partial charge in [-0.1, -0.05) is 54.1 Å². The lowest BCUT2D eigenvalue weighted by molar-refractivity contribution is -0.127. The standard InChI is InChI=1S/C20H24N4O2S/c25-19(21-15-9-5-2-6-10-15)18(14-7-3-1-4-8-14)24(16-11-12-16)20(26)17-13-27-23-22-17/h1,3-4,7-8,13,15-16,18H,2,5-6,9-12H2,(H,21,25)/t18-/m0/s1. The summed E-state index contributed by atoms with van der Waals surface area (Å²) in [6.45, 7) is 0. The largest absolute Gasteiger partial charge is 0.351 e. The molecule has 4 rings (SSSR count). The molecule has 1 N–H and O–H groups in total. The molecule has 0 saturated heterocycles. The Labute approximate surface area is 163 Å². The van der Waals surface area contributed by atoms with Crippen LogP contribution in [0.25, 0.3) is 0 Å². The molecule has 2 aromatic rings. The molecule has 1 heterocycles. The van der Waals surface area contributed by atoms with Crippen molar-refractivity contribution in [3.05, 3.63) is 47.0 Å². The van der Waals surface area contributed by atoms with E-state index in [1.807, 2.05) is 30.3 Å². The topological polar surface area (TPSA) is 75.2 Å². The van der Waals surface area contributed by atoms with Crippen molar-refractivity contribution in [2.75, 3.05) is 0 Å². The highest BCUT2D eigenvalue weighted by Gasteiger charge is 2.42. The Morgan fingerprint density at radius 3 is 2.44 bits per heavy atom. The zero-order chi connectivity index (χ0) is 18.6. The summed E-state index contributed by atoms with van der Waals surface area (Å²) < 4.78 is 3.82. The zero-order valence-corrected chi connectivity index (χ0v) is 16.0. The third-order valence-corrected chi connectivity index (χ3v) is 5.85. The lowest BCUT2D eigenvalue weighted by Crippen LogP contribution is -2.48. The van der Waals surface area contributed by atoms with Crippen LogP contribution >= 0.6 is 11.5 Å². The van der Waals surface area contributed by atoms with Crippen molar-refractivity contribution in [3.63, 3.8) is 0 Å². The molecule has 6 nitrogen and oxygen atoms in total. The van der Waals surface area contributed by atoms with Gasteiger partial charge in [0.1, 0.15) is 6.04 Å². The Morgan fingerprint density at radius 2 is 1.81 bits per heavy atom. The number of aromatic nitrogens is 2. The maximum Gasteiger partial charge on any atom is 0.276 e. The lowest BCUT2D eigenvalue weighted by atomic mass is 9.94. The molecule has 0 bridgehead atoms. The summed E-state index contributed by atoms with van der Waals surface area (Å²) in [6, 6.07) is 9.26. The number of hydrogen-bond donors (Lipinski definition) is 1. The molecule has 2 saturated carbocycles. The highest BCUT2D eigenvalue weighted by atomic mass is 32.1. The van der Waals surface area contributed by atoms with Crippen LogP contribution in [0, 0.1) is 0 Å². The van der Waals surface area contributed by atoms with Gasteiger partial charge in [-0.25, -0.2) is 0 Å². The first-order valence-electron chi connectivity index (χ1n) is 9.69.